The number of aromatic nitrogens is 1. The van der Waals surface area contributed by atoms with Gasteiger partial charge >= 0.3 is 0 Å². The zero-order chi connectivity index (χ0) is 13.2. The molecule has 0 amide bonds. The third kappa shape index (κ3) is 2.27. The monoisotopic (exact) mass is 268 g/mol. The van der Waals surface area contributed by atoms with Crippen molar-refractivity contribution >= 4 is 22.1 Å². The minimum absolute atomic E-state index is 0.0497. The molecule has 0 saturated carbocycles. The molecule has 0 spiro atoms. The van der Waals surface area contributed by atoms with Gasteiger partial charge in [0.05, 0.1) is 11.7 Å². The number of nitrogens with zero attached hydrogens (tertiary/aromatic N) is 1. The molecule has 2 nitrogen and oxygen atoms in total. The molecule has 1 unspecified atom stereocenters. The Kier molecular flexibility index (Phi) is 3.32. The van der Waals surface area contributed by atoms with Crippen molar-refractivity contribution in [3.8, 4) is 11.3 Å². The summed E-state index contributed by atoms with van der Waals surface area (Å²) in [6.45, 7) is 2.09. The lowest BCUT2D eigenvalue weighted by Crippen LogP contribution is -2.07. The van der Waals surface area contributed by atoms with E-state index in [1.807, 2.05) is 0 Å². The van der Waals surface area contributed by atoms with E-state index in [0.717, 1.165) is 17.1 Å². The molecule has 96 valence electrons. The molecule has 0 fully saturated rings. The number of hydrogen-bond acceptors (Lipinski definition) is 3. The number of fused-ring (bicyclic) bond motifs is 1. The lowest BCUT2D eigenvalue weighted by Gasteiger charge is -2.05. The highest BCUT2D eigenvalue weighted by atomic mass is 32.1. The second-order valence-electron chi connectivity index (χ2n) is 4.61. The van der Waals surface area contributed by atoms with Gasteiger partial charge in [-0.25, -0.2) is 4.98 Å². The van der Waals surface area contributed by atoms with Gasteiger partial charge in [0, 0.05) is 10.9 Å². The van der Waals surface area contributed by atoms with E-state index in [0.29, 0.717) is 0 Å². The first-order chi connectivity index (χ1) is 9.29. The average Bonchev–Trinajstić information content (AvgIpc) is 2.95. The van der Waals surface area contributed by atoms with Crippen LogP contribution in [-0.4, -0.2) is 4.98 Å². The molecule has 1 atom stereocenters. The second-order valence-corrected chi connectivity index (χ2v) is 5.50. The van der Waals surface area contributed by atoms with Gasteiger partial charge in [-0.3, -0.25) is 0 Å². The fraction of sp³-hybridized carbons (Fsp3) is 0.188. The maximum absolute atomic E-state index is 6.05. The SMILES string of the molecule is CCC(N)c1nc(-c2cccc3ccccc23)cs1. The largest absolute Gasteiger partial charge is 0.322 e. The van der Waals surface area contributed by atoms with E-state index in [-0.39, 0.29) is 6.04 Å². The fourth-order valence-electron chi connectivity index (χ4n) is 2.21. The Hall–Kier alpha value is -1.71. The van der Waals surface area contributed by atoms with Crippen molar-refractivity contribution < 1.29 is 0 Å². The van der Waals surface area contributed by atoms with Crippen molar-refractivity contribution in [2.45, 2.75) is 19.4 Å². The normalized spacial score (nSPS) is 12.7. The summed E-state index contributed by atoms with van der Waals surface area (Å²) in [6.07, 6.45) is 0.919. The standard InChI is InChI=1S/C16H16N2S/c1-2-14(17)16-18-15(10-19-16)13-9-5-7-11-6-3-4-8-12(11)13/h3-10,14H,2,17H2,1H3. The third-order valence-corrected chi connectivity index (χ3v) is 4.32. The predicted octanol–water partition coefficient (Wildman–Crippen LogP) is 4.37. The molecular weight excluding hydrogens is 252 g/mol. The van der Waals surface area contributed by atoms with Gasteiger partial charge in [-0.15, -0.1) is 11.3 Å². The van der Waals surface area contributed by atoms with Crippen LogP contribution < -0.4 is 5.73 Å². The number of benzene rings is 2. The number of nitrogens with two attached hydrogens (primary N) is 1. The summed E-state index contributed by atoms with van der Waals surface area (Å²) in [6, 6.07) is 14.8. The highest BCUT2D eigenvalue weighted by Crippen LogP contribution is 2.31. The summed E-state index contributed by atoms with van der Waals surface area (Å²) in [5, 5.41) is 5.61. The van der Waals surface area contributed by atoms with Crippen molar-refractivity contribution in [2.75, 3.05) is 0 Å². The Labute approximate surface area is 116 Å². The lowest BCUT2D eigenvalue weighted by atomic mass is 10.0. The van der Waals surface area contributed by atoms with Gasteiger partial charge in [0.15, 0.2) is 0 Å². The molecule has 3 aromatic rings. The number of hydrogen-bond donors (Lipinski definition) is 1. The van der Waals surface area contributed by atoms with E-state index >= 15 is 0 Å². The maximum atomic E-state index is 6.05. The minimum Gasteiger partial charge on any atom is -0.322 e. The van der Waals surface area contributed by atoms with E-state index in [2.05, 4.69) is 54.8 Å². The predicted molar refractivity (Wildman–Crippen MR) is 82.3 cm³/mol. The van der Waals surface area contributed by atoms with Crippen LogP contribution in [-0.2, 0) is 0 Å². The molecule has 0 radical (unpaired) electrons. The van der Waals surface area contributed by atoms with Crippen LogP contribution in [0.4, 0.5) is 0 Å². The Morgan fingerprint density at radius 1 is 1.16 bits per heavy atom. The minimum atomic E-state index is 0.0497. The van der Waals surface area contributed by atoms with Crippen LogP contribution in [0.2, 0.25) is 0 Å². The van der Waals surface area contributed by atoms with Crippen molar-refractivity contribution in [1.29, 1.82) is 0 Å². The van der Waals surface area contributed by atoms with Crippen LogP contribution in [0, 0.1) is 0 Å². The molecule has 0 saturated heterocycles. The molecule has 19 heavy (non-hydrogen) atoms. The van der Waals surface area contributed by atoms with E-state index in [1.165, 1.54) is 16.3 Å². The van der Waals surface area contributed by atoms with Gasteiger partial charge in [0.2, 0.25) is 0 Å². The van der Waals surface area contributed by atoms with Gasteiger partial charge in [0.25, 0.3) is 0 Å². The summed E-state index contributed by atoms with van der Waals surface area (Å²) in [4.78, 5) is 4.69. The Morgan fingerprint density at radius 2 is 1.95 bits per heavy atom. The van der Waals surface area contributed by atoms with Crippen molar-refractivity contribution in [2.24, 2.45) is 5.73 Å². The molecule has 1 heterocycles. The molecule has 0 aliphatic carbocycles. The van der Waals surface area contributed by atoms with Gasteiger partial charge in [-0.05, 0) is 17.2 Å². The van der Waals surface area contributed by atoms with Crippen LogP contribution in [0.5, 0.6) is 0 Å². The molecule has 3 rings (SSSR count). The van der Waals surface area contributed by atoms with Gasteiger partial charge < -0.3 is 5.73 Å². The van der Waals surface area contributed by atoms with Crippen molar-refractivity contribution in [1.82, 2.24) is 4.98 Å². The zero-order valence-electron chi connectivity index (χ0n) is 10.8. The fourth-order valence-corrected chi connectivity index (χ4v) is 3.11. The molecule has 0 bridgehead atoms. The van der Waals surface area contributed by atoms with Gasteiger partial charge in [-0.2, -0.15) is 0 Å². The van der Waals surface area contributed by atoms with Crippen molar-refractivity contribution in [3.05, 3.63) is 52.9 Å². The molecule has 0 aliphatic rings. The molecule has 3 heteroatoms. The van der Waals surface area contributed by atoms with Crippen LogP contribution >= 0.6 is 11.3 Å². The summed E-state index contributed by atoms with van der Waals surface area (Å²) in [5.74, 6) is 0. The highest BCUT2D eigenvalue weighted by Gasteiger charge is 2.11. The van der Waals surface area contributed by atoms with E-state index < -0.39 is 0 Å². The van der Waals surface area contributed by atoms with Crippen molar-refractivity contribution in [3.63, 3.8) is 0 Å². The maximum Gasteiger partial charge on any atom is 0.110 e. The van der Waals surface area contributed by atoms with Crippen LogP contribution in [0.3, 0.4) is 0 Å². The summed E-state index contributed by atoms with van der Waals surface area (Å²) >= 11 is 1.65. The average molecular weight is 268 g/mol. The van der Waals surface area contributed by atoms with E-state index in [9.17, 15) is 0 Å². The van der Waals surface area contributed by atoms with E-state index in [1.54, 1.807) is 11.3 Å². The summed E-state index contributed by atoms with van der Waals surface area (Å²) in [7, 11) is 0. The summed E-state index contributed by atoms with van der Waals surface area (Å²) < 4.78 is 0. The smallest absolute Gasteiger partial charge is 0.110 e. The first kappa shape index (κ1) is 12.3. The van der Waals surface area contributed by atoms with Gasteiger partial charge in [0.1, 0.15) is 5.01 Å². The molecule has 2 aromatic carbocycles. The first-order valence-corrected chi connectivity index (χ1v) is 7.36. The number of thiazole rings is 1. The molecule has 0 aliphatic heterocycles. The molecular formula is C16H16N2S. The third-order valence-electron chi connectivity index (χ3n) is 3.34. The van der Waals surface area contributed by atoms with Crippen LogP contribution in [0.1, 0.15) is 24.4 Å². The van der Waals surface area contributed by atoms with E-state index in [4.69, 9.17) is 10.7 Å². The Bertz CT molecular complexity index is 697. The quantitative estimate of drug-likeness (QED) is 0.766. The van der Waals surface area contributed by atoms with Crippen LogP contribution in [0.15, 0.2) is 47.8 Å². The molecule has 2 N–H and O–H groups in total. The second kappa shape index (κ2) is 5.11. The topological polar surface area (TPSA) is 38.9 Å². The highest BCUT2D eigenvalue weighted by molar-refractivity contribution is 7.10. The van der Waals surface area contributed by atoms with Gasteiger partial charge in [-0.1, -0.05) is 49.4 Å². The lowest BCUT2D eigenvalue weighted by molar-refractivity contribution is 0.693. The number of rotatable bonds is 3. The Balaban J connectivity index is 2.12. The zero-order valence-corrected chi connectivity index (χ0v) is 11.7. The first-order valence-electron chi connectivity index (χ1n) is 6.48. The molecule has 1 aromatic heterocycles. The summed E-state index contributed by atoms with van der Waals surface area (Å²) in [5.41, 5.74) is 8.26. The Morgan fingerprint density at radius 3 is 2.79 bits per heavy atom. The van der Waals surface area contributed by atoms with Crippen LogP contribution in [0.25, 0.3) is 22.0 Å².